The van der Waals surface area contributed by atoms with Gasteiger partial charge in [-0.2, -0.15) is 4.31 Å². The number of halogens is 1. The molecule has 1 fully saturated rings. The number of hydrogen-bond donors (Lipinski definition) is 1. The molecule has 0 aliphatic carbocycles. The van der Waals surface area contributed by atoms with Gasteiger partial charge in [0.25, 0.3) is 0 Å². The third-order valence-electron chi connectivity index (χ3n) is 4.50. The summed E-state index contributed by atoms with van der Waals surface area (Å²) in [5.74, 6) is 0.647. The smallest absolute Gasteiger partial charge is 0.220 e. The predicted octanol–water partition coefficient (Wildman–Crippen LogP) is 1.82. The van der Waals surface area contributed by atoms with Crippen LogP contribution in [-0.4, -0.2) is 62.0 Å². The molecule has 0 atom stereocenters. The number of piperazine rings is 1. The average molecular weight is 519 g/mol. The molecule has 0 bridgehead atoms. The van der Waals surface area contributed by atoms with E-state index in [2.05, 4.69) is 45.5 Å². The van der Waals surface area contributed by atoms with E-state index in [1.807, 2.05) is 6.07 Å². The molecule has 1 N–H and O–H groups in total. The fourth-order valence-corrected chi connectivity index (χ4v) is 4.53. The molecule has 0 unspecified atom stereocenters. The van der Waals surface area contributed by atoms with Crippen LogP contribution in [0.4, 0.5) is 0 Å². The maximum atomic E-state index is 12.5. The molecule has 0 amide bonds. The molecule has 28 heavy (non-hydrogen) atoms. The summed E-state index contributed by atoms with van der Waals surface area (Å²) in [6.07, 6.45) is 1.38. The zero-order chi connectivity index (χ0) is 19.3. The number of nitrogens with zero attached hydrogens (tertiary/aromatic N) is 4. The Balaban J connectivity index is 0.00000280. The maximum Gasteiger partial charge on any atom is 0.220 e. The molecule has 0 radical (unpaired) electrons. The molecule has 154 valence electrons. The zero-order valence-corrected chi connectivity index (χ0v) is 19.2. The average Bonchev–Trinajstić information content (AvgIpc) is 3.15. The van der Waals surface area contributed by atoms with Crippen LogP contribution in [0.25, 0.3) is 0 Å². The lowest BCUT2D eigenvalue weighted by molar-refractivity contribution is 0.259. The third kappa shape index (κ3) is 5.92. The largest absolute Gasteiger partial charge is 0.364 e. The van der Waals surface area contributed by atoms with E-state index in [0.717, 1.165) is 5.96 Å². The molecular weight excluding hydrogens is 493 g/mol. The Labute approximate surface area is 183 Å². The Hall–Kier alpha value is -1.66. The van der Waals surface area contributed by atoms with Crippen LogP contribution in [0.15, 0.2) is 46.1 Å². The summed E-state index contributed by atoms with van der Waals surface area (Å²) in [6, 6.07) is 9.88. The van der Waals surface area contributed by atoms with E-state index >= 15 is 0 Å². The lowest BCUT2D eigenvalue weighted by Gasteiger charge is -2.35. The minimum absolute atomic E-state index is 0. The van der Waals surface area contributed by atoms with Gasteiger partial charge in [-0.25, -0.2) is 8.42 Å². The van der Waals surface area contributed by atoms with Crippen LogP contribution in [0.2, 0.25) is 0 Å². The number of benzene rings is 1. The van der Waals surface area contributed by atoms with Crippen LogP contribution in [0.3, 0.4) is 0 Å². The first kappa shape index (κ1) is 22.6. The Morgan fingerprint density at radius 1 is 1.25 bits per heavy atom. The Kier molecular flexibility index (Phi) is 8.25. The van der Waals surface area contributed by atoms with Crippen LogP contribution in [0, 0.1) is 6.92 Å². The Morgan fingerprint density at radius 2 is 2.00 bits per heavy atom. The quantitative estimate of drug-likeness (QED) is 0.368. The molecule has 1 saturated heterocycles. The normalized spacial score (nSPS) is 15.9. The summed E-state index contributed by atoms with van der Waals surface area (Å²) >= 11 is 0. The van der Waals surface area contributed by atoms with E-state index in [0.29, 0.717) is 38.4 Å². The molecule has 8 nitrogen and oxygen atoms in total. The van der Waals surface area contributed by atoms with Crippen molar-refractivity contribution in [1.29, 1.82) is 0 Å². The first-order chi connectivity index (χ1) is 13.0. The van der Waals surface area contributed by atoms with E-state index in [1.54, 1.807) is 13.1 Å². The number of guanidine groups is 1. The van der Waals surface area contributed by atoms with Gasteiger partial charge in [0, 0.05) is 45.8 Å². The van der Waals surface area contributed by atoms with Crippen LogP contribution in [-0.2, 0) is 22.3 Å². The molecule has 2 heterocycles. The monoisotopic (exact) mass is 519 g/mol. The Bertz CT molecular complexity index is 878. The second-order valence-corrected chi connectivity index (χ2v) is 8.49. The van der Waals surface area contributed by atoms with Gasteiger partial charge in [-0.15, -0.1) is 24.0 Å². The number of aromatic nitrogens is 1. The van der Waals surface area contributed by atoms with Crippen molar-refractivity contribution in [2.75, 3.05) is 33.2 Å². The summed E-state index contributed by atoms with van der Waals surface area (Å²) < 4.78 is 31.3. The van der Waals surface area contributed by atoms with Gasteiger partial charge in [0.1, 0.15) is 12.0 Å². The molecule has 1 aliphatic heterocycles. The second kappa shape index (κ2) is 10.2. The van der Waals surface area contributed by atoms with Gasteiger partial charge in [0.05, 0.1) is 5.69 Å². The number of sulfonamides is 1. The first-order valence-corrected chi connectivity index (χ1v) is 10.5. The highest BCUT2D eigenvalue weighted by Crippen LogP contribution is 2.13. The Morgan fingerprint density at radius 3 is 2.61 bits per heavy atom. The van der Waals surface area contributed by atoms with Crippen molar-refractivity contribution in [2.24, 2.45) is 4.99 Å². The number of hydrogen-bond acceptors (Lipinski definition) is 5. The summed E-state index contributed by atoms with van der Waals surface area (Å²) in [7, 11) is -1.66. The number of nitrogens with one attached hydrogen (secondary N) is 1. The van der Waals surface area contributed by atoms with Crippen LogP contribution < -0.4 is 5.32 Å². The standard InChI is InChI=1S/C18H25N5O3S.HI/c1-15-4-3-5-16(12-15)13-20-18(19-2)22-7-9-23(10-8-22)27(24,25)14-17-6-11-26-21-17;/h3-6,11-12H,7-10,13-14H2,1-2H3,(H,19,20);1H. The molecule has 1 aliphatic rings. The first-order valence-electron chi connectivity index (χ1n) is 8.86. The molecule has 2 aromatic rings. The summed E-state index contributed by atoms with van der Waals surface area (Å²) in [5.41, 5.74) is 2.83. The SMILES string of the molecule is CN=C(NCc1cccc(C)c1)N1CCN(S(=O)(=O)Cc2ccon2)CC1.I. The van der Waals surface area contributed by atoms with Gasteiger partial charge in [0.2, 0.25) is 10.0 Å². The van der Waals surface area contributed by atoms with Gasteiger partial charge in [-0.05, 0) is 12.5 Å². The van der Waals surface area contributed by atoms with Crippen molar-refractivity contribution in [3.05, 3.63) is 53.4 Å². The second-order valence-electron chi connectivity index (χ2n) is 6.52. The van der Waals surface area contributed by atoms with E-state index in [4.69, 9.17) is 4.52 Å². The van der Waals surface area contributed by atoms with Gasteiger partial charge < -0.3 is 14.7 Å². The van der Waals surface area contributed by atoms with Gasteiger partial charge in [-0.3, -0.25) is 4.99 Å². The molecule has 1 aromatic heterocycles. The topological polar surface area (TPSA) is 91.0 Å². The minimum atomic E-state index is -3.40. The van der Waals surface area contributed by atoms with E-state index in [1.165, 1.54) is 21.7 Å². The lowest BCUT2D eigenvalue weighted by Crippen LogP contribution is -2.53. The molecule has 3 rings (SSSR count). The highest BCUT2D eigenvalue weighted by atomic mass is 127. The van der Waals surface area contributed by atoms with Crippen molar-refractivity contribution < 1.29 is 12.9 Å². The molecular formula is C18H26IN5O3S. The van der Waals surface area contributed by atoms with Crippen molar-refractivity contribution in [3.63, 3.8) is 0 Å². The highest BCUT2D eigenvalue weighted by molar-refractivity contribution is 14.0. The van der Waals surface area contributed by atoms with Gasteiger partial charge in [0.15, 0.2) is 5.96 Å². The van der Waals surface area contributed by atoms with Crippen molar-refractivity contribution in [1.82, 2.24) is 19.7 Å². The van der Waals surface area contributed by atoms with E-state index in [9.17, 15) is 8.42 Å². The van der Waals surface area contributed by atoms with Gasteiger partial charge in [-0.1, -0.05) is 35.0 Å². The van der Waals surface area contributed by atoms with Crippen molar-refractivity contribution in [3.8, 4) is 0 Å². The van der Waals surface area contributed by atoms with Crippen LogP contribution in [0.5, 0.6) is 0 Å². The van der Waals surface area contributed by atoms with E-state index in [-0.39, 0.29) is 29.7 Å². The lowest BCUT2D eigenvalue weighted by atomic mass is 10.1. The van der Waals surface area contributed by atoms with Crippen LogP contribution >= 0.6 is 24.0 Å². The zero-order valence-electron chi connectivity index (χ0n) is 16.0. The van der Waals surface area contributed by atoms with Crippen LogP contribution in [0.1, 0.15) is 16.8 Å². The summed E-state index contributed by atoms with van der Waals surface area (Å²) in [5, 5.41) is 7.05. The highest BCUT2D eigenvalue weighted by Gasteiger charge is 2.28. The number of rotatable bonds is 5. The molecule has 10 heteroatoms. The van der Waals surface area contributed by atoms with Crippen molar-refractivity contribution >= 4 is 40.0 Å². The molecule has 0 saturated carbocycles. The van der Waals surface area contributed by atoms with Gasteiger partial charge >= 0.3 is 0 Å². The predicted molar refractivity (Wildman–Crippen MR) is 119 cm³/mol. The third-order valence-corrected chi connectivity index (χ3v) is 6.31. The fraction of sp³-hybridized carbons (Fsp3) is 0.444. The number of aryl methyl sites for hydroxylation is 1. The fourth-order valence-electron chi connectivity index (χ4n) is 3.10. The summed E-state index contributed by atoms with van der Waals surface area (Å²) in [6.45, 7) is 4.77. The van der Waals surface area contributed by atoms with E-state index < -0.39 is 10.0 Å². The maximum absolute atomic E-state index is 12.5. The molecule has 0 spiro atoms. The molecule has 1 aromatic carbocycles. The minimum Gasteiger partial charge on any atom is -0.364 e. The van der Waals surface area contributed by atoms with Crippen molar-refractivity contribution in [2.45, 2.75) is 19.2 Å². The number of aliphatic imine (C=N–C) groups is 1. The summed E-state index contributed by atoms with van der Waals surface area (Å²) in [4.78, 5) is 6.42.